The second-order valence-electron chi connectivity index (χ2n) is 6.96. The minimum absolute atomic E-state index is 0.0104. The standard InChI is InChI=1S/C21H25N3O2S/c1-3-26-17-8-9-19-15(11-17)10-16(12-22)21(24-19)27-13-20(25)23-18-7-5-4-6-14(18)2/h8-11,14,18H,3-7,13H2,1-2H3,(H,23,25). The highest BCUT2D eigenvalue weighted by Crippen LogP contribution is 2.28. The Morgan fingerprint density at radius 1 is 1.37 bits per heavy atom. The van der Waals surface area contributed by atoms with E-state index in [4.69, 9.17) is 4.74 Å². The third-order valence-corrected chi connectivity index (χ3v) is 5.97. The molecule has 0 bridgehead atoms. The molecule has 1 heterocycles. The molecule has 142 valence electrons. The van der Waals surface area contributed by atoms with Crippen LogP contribution in [-0.2, 0) is 4.79 Å². The van der Waals surface area contributed by atoms with Crippen LogP contribution in [0.25, 0.3) is 10.9 Å². The van der Waals surface area contributed by atoms with Gasteiger partial charge in [-0.3, -0.25) is 4.79 Å². The van der Waals surface area contributed by atoms with Gasteiger partial charge in [0.2, 0.25) is 5.91 Å². The van der Waals surface area contributed by atoms with E-state index in [9.17, 15) is 10.1 Å². The van der Waals surface area contributed by atoms with E-state index in [2.05, 4.69) is 23.3 Å². The number of fused-ring (bicyclic) bond motifs is 1. The van der Waals surface area contributed by atoms with Crippen LogP contribution < -0.4 is 10.1 Å². The van der Waals surface area contributed by atoms with Crippen LogP contribution >= 0.6 is 11.8 Å². The Hall–Kier alpha value is -2.26. The molecular formula is C21H25N3O2S. The maximum atomic E-state index is 12.4. The Morgan fingerprint density at radius 3 is 2.93 bits per heavy atom. The SMILES string of the molecule is CCOc1ccc2nc(SCC(=O)NC3CCCCC3C)c(C#N)cc2c1. The lowest BCUT2D eigenvalue weighted by Gasteiger charge is -2.29. The minimum Gasteiger partial charge on any atom is -0.494 e. The molecule has 1 fully saturated rings. The first-order chi connectivity index (χ1) is 13.1. The molecule has 1 aliphatic carbocycles. The van der Waals surface area contributed by atoms with Crippen LogP contribution in [-0.4, -0.2) is 29.3 Å². The topological polar surface area (TPSA) is 75.0 Å². The van der Waals surface area contributed by atoms with Gasteiger partial charge in [0.1, 0.15) is 16.8 Å². The number of pyridine rings is 1. The summed E-state index contributed by atoms with van der Waals surface area (Å²) < 4.78 is 5.51. The molecule has 1 N–H and O–H groups in total. The molecule has 2 aromatic rings. The van der Waals surface area contributed by atoms with E-state index >= 15 is 0 Å². The van der Waals surface area contributed by atoms with Gasteiger partial charge in [-0.25, -0.2) is 4.98 Å². The van der Waals surface area contributed by atoms with Crippen molar-refractivity contribution in [3.63, 3.8) is 0 Å². The molecule has 1 aliphatic rings. The molecule has 3 rings (SSSR count). The Morgan fingerprint density at radius 2 is 2.19 bits per heavy atom. The number of benzene rings is 1. The first kappa shape index (κ1) is 19.5. The number of nitrogens with zero attached hydrogens (tertiary/aromatic N) is 2. The first-order valence-electron chi connectivity index (χ1n) is 9.50. The van der Waals surface area contributed by atoms with Gasteiger partial charge in [-0.05, 0) is 49.9 Å². The summed E-state index contributed by atoms with van der Waals surface area (Å²) in [5, 5.41) is 14.1. The molecule has 5 nitrogen and oxygen atoms in total. The molecule has 2 atom stereocenters. The molecule has 27 heavy (non-hydrogen) atoms. The number of ether oxygens (including phenoxy) is 1. The average molecular weight is 384 g/mol. The monoisotopic (exact) mass is 383 g/mol. The molecule has 1 amide bonds. The van der Waals surface area contributed by atoms with Crippen molar-refractivity contribution in [1.82, 2.24) is 10.3 Å². The van der Waals surface area contributed by atoms with Gasteiger partial charge >= 0.3 is 0 Å². The van der Waals surface area contributed by atoms with Gasteiger partial charge in [0.15, 0.2) is 0 Å². The van der Waals surface area contributed by atoms with Crippen molar-refractivity contribution in [2.24, 2.45) is 5.92 Å². The summed E-state index contributed by atoms with van der Waals surface area (Å²) in [4.78, 5) is 16.9. The van der Waals surface area contributed by atoms with Gasteiger partial charge in [-0.15, -0.1) is 0 Å². The summed E-state index contributed by atoms with van der Waals surface area (Å²) in [6.07, 6.45) is 4.65. The number of hydrogen-bond donors (Lipinski definition) is 1. The lowest BCUT2D eigenvalue weighted by molar-refractivity contribution is -0.119. The number of rotatable bonds is 6. The maximum absolute atomic E-state index is 12.4. The van der Waals surface area contributed by atoms with Crippen molar-refractivity contribution in [2.45, 2.75) is 50.6 Å². The Kier molecular flexibility index (Phi) is 6.57. The van der Waals surface area contributed by atoms with Gasteiger partial charge in [-0.2, -0.15) is 5.26 Å². The molecule has 6 heteroatoms. The second-order valence-corrected chi connectivity index (χ2v) is 7.93. The van der Waals surface area contributed by atoms with E-state index in [0.717, 1.165) is 23.1 Å². The fourth-order valence-electron chi connectivity index (χ4n) is 3.50. The second kappa shape index (κ2) is 9.09. The van der Waals surface area contributed by atoms with Crippen molar-refractivity contribution in [3.8, 4) is 11.8 Å². The highest BCUT2D eigenvalue weighted by molar-refractivity contribution is 8.00. The zero-order chi connectivity index (χ0) is 19.2. The summed E-state index contributed by atoms with van der Waals surface area (Å²) in [5.74, 6) is 1.57. The molecule has 1 saturated carbocycles. The zero-order valence-electron chi connectivity index (χ0n) is 15.8. The van der Waals surface area contributed by atoms with Crippen molar-refractivity contribution in [1.29, 1.82) is 5.26 Å². The van der Waals surface area contributed by atoms with Crippen molar-refractivity contribution < 1.29 is 9.53 Å². The summed E-state index contributed by atoms with van der Waals surface area (Å²) in [6.45, 7) is 4.72. The third-order valence-electron chi connectivity index (χ3n) is 4.98. The van der Waals surface area contributed by atoms with Crippen molar-refractivity contribution in [3.05, 3.63) is 29.8 Å². The predicted octanol–water partition coefficient (Wildman–Crippen LogP) is 4.29. The lowest BCUT2D eigenvalue weighted by atomic mass is 9.86. The van der Waals surface area contributed by atoms with E-state index in [1.807, 2.05) is 31.2 Å². The molecule has 2 unspecified atom stereocenters. The summed E-state index contributed by atoms with van der Waals surface area (Å²) in [5.41, 5.74) is 1.28. The fourth-order valence-corrected chi connectivity index (χ4v) is 4.27. The predicted molar refractivity (Wildman–Crippen MR) is 108 cm³/mol. The Labute approximate surface area is 164 Å². The van der Waals surface area contributed by atoms with Gasteiger partial charge in [0.05, 0.1) is 23.4 Å². The minimum atomic E-state index is 0.0104. The highest BCUT2D eigenvalue weighted by Gasteiger charge is 2.23. The summed E-state index contributed by atoms with van der Waals surface area (Å²) >= 11 is 1.32. The molecule has 1 aromatic heterocycles. The fraction of sp³-hybridized carbons (Fsp3) is 0.476. The number of nitriles is 1. The molecule has 0 spiro atoms. The zero-order valence-corrected chi connectivity index (χ0v) is 16.6. The van der Waals surface area contributed by atoms with Crippen LogP contribution in [0.2, 0.25) is 0 Å². The molecule has 1 aromatic carbocycles. The molecule has 0 radical (unpaired) electrons. The molecular weight excluding hydrogens is 358 g/mol. The van der Waals surface area contributed by atoms with Gasteiger partial charge in [-0.1, -0.05) is 31.5 Å². The van der Waals surface area contributed by atoms with Crippen molar-refractivity contribution in [2.75, 3.05) is 12.4 Å². The summed E-state index contributed by atoms with van der Waals surface area (Å²) in [7, 11) is 0. The Bertz CT molecular complexity index is 862. The van der Waals surface area contributed by atoms with Crippen LogP contribution in [0.1, 0.15) is 45.1 Å². The van der Waals surface area contributed by atoms with E-state index in [1.54, 1.807) is 0 Å². The number of thioether (sulfide) groups is 1. The first-order valence-corrected chi connectivity index (χ1v) is 10.5. The smallest absolute Gasteiger partial charge is 0.230 e. The van der Waals surface area contributed by atoms with E-state index < -0.39 is 0 Å². The van der Waals surface area contributed by atoms with Crippen LogP contribution in [0.3, 0.4) is 0 Å². The van der Waals surface area contributed by atoms with Gasteiger partial charge < -0.3 is 10.1 Å². The number of nitrogens with one attached hydrogen (secondary N) is 1. The van der Waals surface area contributed by atoms with E-state index in [1.165, 1.54) is 31.0 Å². The average Bonchev–Trinajstić information content (AvgIpc) is 2.67. The van der Waals surface area contributed by atoms with E-state index in [0.29, 0.717) is 23.1 Å². The molecule has 0 saturated heterocycles. The van der Waals surface area contributed by atoms with Crippen LogP contribution in [0.5, 0.6) is 5.75 Å². The number of amides is 1. The highest BCUT2D eigenvalue weighted by atomic mass is 32.2. The van der Waals surface area contributed by atoms with Gasteiger partial charge in [0, 0.05) is 11.4 Å². The maximum Gasteiger partial charge on any atom is 0.230 e. The molecule has 0 aliphatic heterocycles. The normalized spacial score (nSPS) is 19.4. The van der Waals surface area contributed by atoms with Crippen LogP contribution in [0.15, 0.2) is 29.3 Å². The quantitative estimate of drug-likeness (QED) is 0.753. The Balaban J connectivity index is 1.69. The van der Waals surface area contributed by atoms with Gasteiger partial charge in [0.25, 0.3) is 0 Å². The largest absolute Gasteiger partial charge is 0.494 e. The number of hydrogen-bond acceptors (Lipinski definition) is 5. The third kappa shape index (κ3) is 4.92. The number of carbonyl (C=O) groups excluding carboxylic acids is 1. The number of aromatic nitrogens is 1. The lowest BCUT2D eigenvalue weighted by Crippen LogP contribution is -2.41. The van der Waals surface area contributed by atoms with Crippen LogP contribution in [0.4, 0.5) is 0 Å². The number of carbonyl (C=O) groups is 1. The summed E-state index contributed by atoms with van der Waals surface area (Å²) in [6, 6.07) is 9.92. The van der Waals surface area contributed by atoms with Crippen molar-refractivity contribution >= 4 is 28.6 Å². The van der Waals surface area contributed by atoms with Crippen LogP contribution in [0, 0.1) is 17.2 Å². The van der Waals surface area contributed by atoms with E-state index in [-0.39, 0.29) is 17.7 Å².